The standard InChI is InChI=1S/C21H22IN3OS2/c1-21(2,3)12-8-9-13-15(11-23)19(28-17(13)10-12)25-20(27)24-18(26)14-6-4-5-7-16(14)22/h4-7,12H,8-10H2,1-3H3,(H2,24,25,26,27)/t12-/m0/s1. The van der Waals surface area contributed by atoms with Gasteiger partial charge in [0.25, 0.3) is 5.91 Å². The molecular formula is C21H22IN3OS2. The molecule has 1 aromatic carbocycles. The highest BCUT2D eigenvalue weighted by Gasteiger charge is 2.32. The van der Waals surface area contributed by atoms with Gasteiger partial charge in [-0.15, -0.1) is 11.3 Å². The van der Waals surface area contributed by atoms with Crippen LogP contribution in [0.15, 0.2) is 24.3 Å². The SMILES string of the molecule is CC(C)(C)[C@H]1CCc2c(sc(NC(=S)NC(=O)c3ccccc3I)c2C#N)C1. The Kier molecular flexibility index (Phi) is 6.42. The number of fused-ring (bicyclic) bond motifs is 1. The molecule has 0 unspecified atom stereocenters. The van der Waals surface area contributed by atoms with Crippen molar-refractivity contribution in [3.8, 4) is 6.07 Å². The molecule has 4 nitrogen and oxygen atoms in total. The molecule has 0 saturated carbocycles. The number of carbonyl (C=O) groups excluding carboxylic acids is 1. The number of nitrogens with one attached hydrogen (secondary N) is 2. The van der Waals surface area contributed by atoms with Crippen molar-refractivity contribution in [3.63, 3.8) is 0 Å². The third-order valence-corrected chi connectivity index (χ3v) is 7.49. The Morgan fingerprint density at radius 1 is 1.36 bits per heavy atom. The fraction of sp³-hybridized carbons (Fsp3) is 0.381. The molecular weight excluding hydrogens is 501 g/mol. The molecule has 1 aromatic heterocycles. The van der Waals surface area contributed by atoms with Crippen molar-refractivity contribution in [2.75, 3.05) is 5.32 Å². The lowest BCUT2D eigenvalue weighted by Gasteiger charge is -2.33. The number of anilines is 1. The van der Waals surface area contributed by atoms with Gasteiger partial charge in [0.15, 0.2) is 5.11 Å². The van der Waals surface area contributed by atoms with Gasteiger partial charge >= 0.3 is 0 Å². The van der Waals surface area contributed by atoms with Crippen LogP contribution in [0.2, 0.25) is 0 Å². The van der Waals surface area contributed by atoms with Gasteiger partial charge < -0.3 is 5.32 Å². The number of amides is 1. The van der Waals surface area contributed by atoms with Crippen LogP contribution in [0.5, 0.6) is 0 Å². The van der Waals surface area contributed by atoms with Crippen LogP contribution in [0.25, 0.3) is 0 Å². The van der Waals surface area contributed by atoms with E-state index in [2.05, 4.69) is 60.1 Å². The van der Waals surface area contributed by atoms with Gasteiger partial charge in [-0.3, -0.25) is 10.1 Å². The Hall–Kier alpha value is -1.50. The van der Waals surface area contributed by atoms with Gasteiger partial charge in [0.1, 0.15) is 11.1 Å². The molecule has 0 bridgehead atoms. The molecule has 3 rings (SSSR count). The Labute approximate surface area is 188 Å². The molecule has 1 aliphatic carbocycles. The van der Waals surface area contributed by atoms with Crippen LogP contribution >= 0.6 is 46.1 Å². The maximum Gasteiger partial charge on any atom is 0.258 e. The van der Waals surface area contributed by atoms with E-state index in [1.165, 1.54) is 4.88 Å². The summed E-state index contributed by atoms with van der Waals surface area (Å²) < 4.78 is 0.859. The van der Waals surface area contributed by atoms with Gasteiger partial charge in [-0.2, -0.15) is 5.26 Å². The smallest absolute Gasteiger partial charge is 0.258 e. The Morgan fingerprint density at radius 2 is 2.07 bits per heavy atom. The summed E-state index contributed by atoms with van der Waals surface area (Å²) in [6, 6.07) is 9.67. The molecule has 2 aromatic rings. The molecule has 1 amide bonds. The van der Waals surface area contributed by atoms with Crippen LogP contribution in [0.1, 0.15) is 53.6 Å². The van der Waals surface area contributed by atoms with E-state index in [1.54, 1.807) is 17.4 Å². The van der Waals surface area contributed by atoms with E-state index in [9.17, 15) is 10.1 Å². The zero-order valence-electron chi connectivity index (χ0n) is 16.1. The van der Waals surface area contributed by atoms with E-state index in [0.717, 1.165) is 33.4 Å². The van der Waals surface area contributed by atoms with E-state index in [4.69, 9.17) is 12.2 Å². The summed E-state index contributed by atoms with van der Waals surface area (Å²) in [5.74, 6) is 0.347. The number of halogens is 1. The molecule has 0 radical (unpaired) electrons. The van der Waals surface area contributed by atoms with E-state index in [-0.39, 0.29) is 16.4 Å². The van der Waals surface area contributed by atoms with Crippen molar-refractivity contribution in [2.24, 2.45) is 11.3 Å². The van der Waals surface area contributed by atoms with Crippen molar-refractivity contribution in [1.82, 2.24) is 5.32 Å². The van der Waals surface area contributed by atoms with E-state index < -0.39 is 0 Å². The normalized spacial score (nSPS) is 16.0. The zero-order valence-corrected chi connectivity index (χ0v) is 19.8. The summed E-state index contributed by atoms with van der Waals surface area (Å²) >= 11 is 9.05. The second-order valence-corrected chi connectivity index (χ2v) is 10.7. The topological polar surface area (TPSA) is 64.9 Å². The number of hydrogen-bond donors (Lipinski definition) is 2. The molecule has 0 spiro atoms. The molecule has 1 aliphatic rings. The number of carbonyl (C=O) groups is 1. The predicted octanol–water partition coefficient (Wildman–Crippen LogP) is 5.50. The number of benzene rings is 1. The Balaban J connectivity index is 1.75. The quantitative estimate of drug-likeness (QED) is 0.403. The van der Waals surface area contributed by atoms with Gasteiger partial charge in [0.2, 0.25) is 0 Å². The Bertz CT molecular complexity index is 969. The minimum Gasteiger partial charge on any atom is -0.323 e. The molecule has 0 saturated heterocycles. The molecule has 0 aliphatic heterocycles. The van der Waals surface area contributed by atoms with Gasteiger partial charge in [0.05, 0.1) is 11.1 Å². The second kappa shape index (κ2) is 8.47. The lowest BCUT2D eigenvalue weighted by molar-refractivity contribution is 0.0977. The first-order valence-electron chi connectivity index (χ1n) is 9.12. The maximum atomic E-state index is 12.5. The fourth-order valence-electron chi connectivity index (χ4n) is 3.48. The first kappa shape index (κ1) is 21.2. The summed E-state index contributed by atoms with van der Waals surface area (Å²) in [5, 5.41) is 16.4. The largest absolute Gasteiger partial charge is 0.323 e. The minimum atomic E-state index is -0.255. The number of nitriles is 1. The number of nitrogens with zero attached hydrogens (tertiary/aromatic N) is 1. The van der Waals surface area contributed by atoms with Crippen molar-refractivity contribution in [1.29, 1.82) is 5.26 Å². The van der Waals surface area contributed by atoms with Crippen molar-refractivity contribution in [2.45, 2.75) is 40.0 Å². The average Bonchev–Trinajstić information content (AvgIpc) is 2.97. The summed E-state index contributed by atoms with van der Waals surface area (Å²) in [5.41, 5.74) is 2.63. The number of rotatable bonds is 2. The number of hydrogen-bond acceptors (Lipinski definition) is 4. The van der Waals surface area contributed by atoms with Gasteiger partial charge in [-0.25, -0.2) is 0 Å². The van der Waals surface area contributed by atoms with Crippen LogP contribution < -0.4 is 10.6 Å². The van der Waals surface area contributed by atoms with Gasteiger partial charge in [0, 0.05) is 8.45 Å². The lowest BCUT2D eigenvalue weighted by Crippen LogP contribution is -2.34. The lowest BCUT2D eigenvalue weighted by atomic mass is 9.72. The van der Waals surface area contributed by atoms with Crippen LogP contribution in [0, 0.1) is 26.2 Å². The number of thiocarbonyl (C=S) groups is 1. The van der Waals surface area contributed by atoms with Crippen molar-refractivity contribution in [3.05, 3.63) is 49.4 Å². The highest BCUT2D eigenvalue weighted by Crippen LogP contribution is 2.43. The molecule has 7 heteroatoms. The highest BCUT2D eigenvalue weighted by atomic mass is 127. The first-order chi connectivity index (χ1) is 13.2. The highest BCUT2D eigenvalue weighted by molar-refractivity contribution is 14.1. The van der Waals surface area contributed by atoms with Crippen LogP contribution in [0.4, 0.5) is 5.00 Å². The number of thiophene rings is 1. The van der Waals surface area contributed by atoms with Crippen molar-refractivity contribution < 1.29 is 4.79 Å². The molecule has 1 heterocycles. The van der Waals surface area contributed by atoms with Crippen molar-refractivity contribution >= 4 is 62.2 Å². The summed E-state index contributed by atoms with van der Waals surface area (Å²) in [7, 11) is 0. The van der Waals surface area contributed by atoms with Crippen LogP contribution in [-0.4, -0.2) is 11.0 Å². The van der Waals surface area contributed by atoms with E-state index in [0.29, 0.717) is 17.0 Å². The average molecular weight is 523 g/mol. The fourth-order valence-corrected chi connectivity index (χ4v) is 5.66. The molecule has 28 heavy (non-hydrogen) atoms. The van der Waals surface area contributed by atoms with Gasteiger partial charge in [-0.05, 0) is 83.1 Å². The summed E-state index contributed by atoms with van der Waals surface area (Å²) in [4.78, 5) is 13.7. The predicted molar refractivity (Wildman–Crippen MR) is 127 cm³/mol. The third-order valence-electron chi connectivity index (χ3n) is 5.17. The van der Waals surface area contributed by atoms with Crippen LogP contribution in [0.3, 0.4) is 0 Å². The molecule has 1 atom stereocenters. The first-order valence-corrected chi connectivity index (χ1v) is 11.4. The third kappa shape index (κ3) is 4.56. The molecule has 0 fully saturated rings. The molecule has 146 valence electrons. The van der Waals surface area contributed by atoms with Gasteiger partial charge in [-0.1, -0.05) is 32.9 Å². The minimum absolute atomic E-state index is 0.215. The monoisotopic (exact) mass is 523 g/mol. The summed E-state index contributed by atoms with van der Waals surface area (Å²) in [6.45, 7) is 6.82. The Morgan fingerprint density at radius 3 is 2.71 bits per heavy atom. The van der Waals surface area contributed by atoms with E-state index >= 15 is 0 Å². The summed E-state index contributed by atoms with van der Waals surface area (Å²) in [6.07, 6.45) is 3.00. The van der Waals surface area contributed by atoms with E-state index in [1.807, 2.05) is 18.2 Å². The zero-order chi connectivity index (χ0) is 20.5. The maximum absolute atomic E-state index is 12.5. The van der Waals surface area contributed by atoms with Crippen LogP contribution in [-0.2, 0) is 12.8 Å². The second-order valence-electron chi connectivity index (χ2n) is 8.01. The molecule has 2 N–H and O–H groups in total.